The van der Waals surface area contributed by atoms with Gasteiger partial charge in [0.1, 0.15) is 6.04 Å². The first-order chi connectivity index (χ1) is 10.6. The lowest BCUT2D eigenvalue weighted by atomic mass is 9.93. The van der Waals surface area contributed by atoms with E-state index in [9.17, 15) is 26.4 Å². The van der Waals surface area contributed by atoms with Crippen molar-refractivity contribution in [1.29, 1.82) is 0 Å². The lowest BCUT2D eigenvalue weighted by Crippen LogP contribution is -2.55. The Morgan fingerprint density at radius 1 is 1.25 bits per heavy atom. The minimum atomic E-state index is -4.86. The number of carbonyl (C=O) groups is 1. The van der Waals surface area contributed by atoms with E-state index in [0.29, 0.717) is 0 Å². The molecule has 1 amide bonds. The number of hydrogen-bond acceptors (Lipinski definition) is 4. The first kappa shape index (κ1) is 22.9. The van der Waals surface area contributed by atoms with Crippen LogP contribution in [0.25, 0.3) is 0 Å². The van der Waals surface area contributed by atoms with Gasteiger partial charge in [-0.3, -0.25) is 0 Å². The summed E-state index contributed by atoms with van der Waals surface area (Å²) in [6.45, 7) is 5.56. The first-order valence-electron chi connectivity index (χ1n) is 7.15. The number of carboxylic acid groups (broad SMARTS) is 1. The minimum absolute atomic E-state index is 0.248. The Hall–Kier alpha value is -1.11. The summed E-state index contributed by atoms with van der Waals surface area (Å²) in [5.74, 6) is -0.912. The normalized spacial score (nSPS) is 17.2. The highest BCUT2D eigenvalue weighted by atomic mass is 32.2. The zero-order chi connectivity index (χ0) is 19.3. The summed E-state index contributed by atoms with van der Waals surface area (Å²) in [4.78, 5) is 10.6. The largest absolute Gasteiger partial charge is 0.465 e. The second kappa shape index (κ2) is 8.32. The molecule has 144 valence electrons. The maximum atomic E-state index is 13.2. The van der Waals surface area contributed by atoms with E-state index in [4.69, 9.17) is 10.8 Å². The summed E-state index contributed by atoms with van der Waals surface area (Å²) < 4.78 is 66.9. The van der Waals surface area contributed by atoms with Crippen LogP contribution in [0.4, 0.5) is 18.0 Å². The van der Waals surface area contributed by atoms with Crippen LogP contribution in [0.3, 0.4) is 0 Å². The molecule has 12 heteroatoms. The monoisotopic (exact) mass is 378 g/mol. The Bertz CT molecular complexity index is 519. The van der Waals surface area contributed by atoms with E-state index in [1.54, 1.807) is 4.72 Å². The molecule has 0 spiro atoms. The first-order valence-corrected chi connectivity index (χ1v) is 8.63. The fourth-order valence-corrected chi connectivity index (χ4v) is 3.46. The maximum Gasteiger partial charge on any atom is 0.404 e. The highest BCUT2D eigenvalue weighted by Crippen LogP contribution is 2.27. The van der Waals surface area contributed by atoms with Crippen molar-refractivity contribution in [1.82, 2.24) is 14.8 Å². The standard InChI is InChI=1S/C12H25F3N4O4S/c1-7(17-10(20)21)8(6-16)5-9(12(13,14)15)18-24(22,23)19-11(2,3)4/h7-9,17-19H,5-6,16H2,1-4H3,(H,20,21)/t7-,8+,9?/m1/s1. The molecule has 0 saturated carbocycles. The van der Waals surface area contributed by atoms with Gasteiger partial charge >= 0.3 is 12.3 Å². The average Bonchev–Trinajstić information content (AvgIpc) is 2.28. The Morgan fingerprint density at radius 2 is 1.75 bits per heavy atom. The van der Waals surface area contributed by atoms with Gasteiger partial charge in [-0.15, -0.1) is 0 Å². The number of amides is 1. The zero-order valence-electron chi connectivity index (χ0n) is 13.9. The lowest BCUT2D eigenvalue weighted by molar-refractivity contribution is -0.155. The molecular weight excluding hydrogens is 353 g/mol. The van der Waals surface area contributed by atoms with Crippen LogP contribution in [0.1, 0.15) is 34.1 Å². The van der Waals surface area contributed by atoms with Gasteiger partial charge in [0.05, 0.1) is 0 Å². The molecular formula is C12H25F3N4O4S. The summed E-state index contributed by atoms with van der Waals surface area (Å²) in [6.07, 6.45) is -6.96. The summed E-state index contributed by atoms with van der Waals surface area (Å²) in [6, 6.07) is -3.28. The van der Waals surface area contributed by atoms with Crippen molar-refractivity contribution in [3.8, 4) is 0 Å². The maximum absolute atomic E-state index is 13.2. The molecule has 1 unspecified atom stereocenters. The van der Waals surface area contributed by atoms with Gasteiger partial charge in [-0.2, -0.15) is 31.0 Å². The van der Waals surface area contributed by atoms with E-state index in [1.165, 1.54) is 27.7 Å². The van der Waals surface area contributed by atoms with E-state index in [-0.39, 0.29) is 6.54 Å². The van der Waals surface area contributed by atoms with Crippen LogP contribution in [0.15, 0.2) is 0 Å². The minimum Gasteiger partial charge on any atom is -0.465 e. The highest BCUT2D eigenvalue weighted by Gasteiger charge is 2.44. The van der Waals surface area contributed by atoms with Crippen molar-refractivity contribution >= 4 is 16.3 Å². The molecule has 24 heavy (non-hydrogen) atoms. The van der Waals surface area contributed by atoms with Crippen molar-refractivity contribution < 1.29 is 31.5 Å². The number of rotatable bonds is 8. The molecule has 0 saturated heterocycles. The number of nitrogens with two attached hydrogens (primary N) is 1. The fraction of sp³-hybridized carbons (Fsp3) is 0.917. The molecule has 0 aromatic rings. The van der Waals surface area contributed by atoms with Crippen molar-refractivity contribution in [2.24, 2.45) is 11.7 Å². The zero-order valence-corrected chi connectivity index (χ0v) is 14.8. The van der Waals surface area contributed by atoms with Crippen LogP contribution in [0, 0.1) is 5.92 Å². The lowest BCUT2D eigenvalue weighted by Gasteiger charge is -2.30. The van der Waals surface area contributed by atoms with E-state index in [1.807, 2.05) is 5.32 Å². The summed E-state index contributed by atoms with van der Waals surface area (Å²) in [5.41, 5.74) is 4.45. The summed E-state index contributed by atoms with van der Waals surface area (Å²) in [7, 11) is -4.42. The van der Waals surface area contributed by atoms with Gasteiger partial charge in [-0.1, -0.05) is 0 Å². The van der Waals surface area contributed by atoms with Crippen LogP contribution in [0.2, 0.25) is 0 Å². The van der Waals surface area contributed by atoms with E-state index in [2.05, 4.69) is 4.72 Å². The second-order valence-corrected chi connectivity index (χ2v) is 7.98. The van der Waals surface area contributed by atoms with E-state index in [0.717, 1.165) is 0 Å². The molecule has 0 rings (SSSR count). The second-order valence-electron chi connectivity index (χ2n) is 6.54. The van der Waals surface area contributed by atoms with Crippen molar-refractivity contribution in [2.45, 2.75) is 57.9 Å². The smallest absolute Gasteiger partial charge is 0.404 e. The number of nitrogens with one attached hydrogen (secondary N) is 3. The highest BCUT2D eigenvalue weighted by molar-refractivity contribution is 7.87. The predicted molar refractivity (Wildman–Crippen MR) is 82.6 cm³/mol. The summed E-state index contributed by atoms with van der Waals surface area (Å²) >= 11 is 0. The van der Waals surface area contributed by atoms with Crippen LogP contribution in [0.5, 0.6) is 0 Å². The molecule has 0 aromatic heterocycles. The topological polar surface area (TPSA) is 134 Å². The van der Waals surface area contributed by atoms with Crippen molar-refractivity contribution in [3.05, 3.63) is 0 Å². The van der Waals surface area contributed by atoms with Gasteiger partial charge in [0, 0.05) is 11.6 Å². The van der Waals surface area contributed by atoms with Crippen LogP contribution in [-0.4, -0.2) is 50.0 Å². The van der Waals surface area contributed by atoms with Crippen LogP contribution in [-0.2, 0) is 10.2 Å². The predicted octanol–water partition coefficient (Wildman–Crippen LogP) is 0.761. The van der Waals surface area contributed by atoms with Crippen LogP contribution >= 0.6 is 0 Å². The molecule has 8 nitrogen and oxygen atoms in total. The van der Waals surface area contributed by atoms with E-state index < -0.39 is 52.4 Å². The Balaban J connectivity index is 5.25. The molecule has 0 aliphatic rings. The summed E-state index contributed by atoms with van der Waals surface area (Å²) in [5, 5.41) is 10.7. The molecule has 6 N–H and O–H groups in total. The van der Waals surface area contributed by atoms with Crippen LogP contribution < -0.4 is 20.5 Å². The third kappa shape index (κ3) is 9.25. The molecule has 3 atom stereocenters. The molecule has 0 radical (unpaired) electrons. The van der Waals surface area contributed by atoms with Gasteiger partial charge in [0.2, 0.25) is 0 Å². The van der Waals surface area contributed by atoms with Crippen molar-refractivity contribution in [2.75, 3.05) is 6.54 Å². The van der Waals surface area contributed by atoms with Gasteiger partial charge in [-0.25, -0.2) is 4.79 Å². The Morgan fingerprint density at radius 3 is 2.08 bits per heavy atom. The number of hydrogen-bond donors (Lipinski definition) is 5. The third-order valence-corrected chi connectivity index (χ3v) is 4.51. The quantitative estimate of drug-likeness (QED) is 0.425. The third-order valence-electron chi connectivity index (χ3n) is 3.03. The van der Waals surface area contributed by atoms with Gasteiger partial charge in [0.25, 0.3) is 10.2 Å². The average molecular weight is 378 g/mol. The molecule has 0 fully saturated rings. The molecule has 0 aliphatic carbocycles. The molecule has 0 aromatic carbocycles. The molecule has 0 heterocycles. The fourth-order valence-electron chi connectivity index (χ4n) is 1.99. The Labute approximate surface area is 139 Å². The Kier molecular flexibility index (Phi) is 7.93. The molecule has 0 bridgehead atoms. The SMILES string of the molecule is C[C@@H](NC(=O)O)[C@H](CN)CC(NS(=O)(=O)NC(C)(C)C)C(F)(F)F. The number of alkyl halides is 3. The van der Waals surface area contributed by atoms with Gasteiger partial charge in [-0.05, 0) is 46.6 Å². The van der Waals surface area contributed by atoms with Gasteiger partial charge < -0.3 is 16.2 Å². The van der Waals surface area contributed by atoms with Crippen molar-refractivity contribution in [3.63, 3.8) is 0 Å². The van der Waals surface area contributed by atoms with E-state index >= 15 is 0 Å². The number of halogens is 3. The molecule has 0 aliphatic heterocycles. The van der Waals surface area contributed by atoms with Gasteiger partial charge in [0.15, 0.2) is 0 Å².